The van der Waals surface area contributed by atoms with E-state index in [9.17, 15) is 0 Å². The fourth-order valence-corrected chi connectivity index (χ4v) is 2.97. The Morgan fingerprint density at radius 2 is 2.35 bits per heavy atom. The first-order valence-corrected chi connectivity index (χ1v) is 7.66. The molecule has 5 nitrogen and oxygen atoms in total. The molecule has 2 atom stereocenters. The van der Waals surface area contributed by atoms with Crippen LogP contribution in [0.15, 0.2) is 6.20 Å². The molecule has 5 heteroatoms. The van der Waals surface area contributed by atoms with Crippen molar-refractivity contribution in [3.05, 3.63) is 17.7 Å². The lowest BCUT2D eigenvalue weighted by atomic mass is 10.1. The molecular formula is C15H26N4O. The van der Waals surface area contributed by atoms with Gasteiger partial charge in [0.15, 0.2) is 0 Å². The number of fused-ring (bicyclic) bond motifs is 1. The fraction of sp³-hybridized carbons (Fsp3) is 0.800. The Kier molecular flexibility index (Phi) is 3.84. The van der Waals surface area contributed by atoms with Gasteiger partial charge in [-0.25, -0.2) is 4.98 Å². The average Bonchev–Trinajstić information content (AvgIpc) is 3.03. The number of hydrogen-bond donors (Lipinski definition) is 2. The van der Waals surface area contributed by atoms with Gasteiger partial charge in [0.05, 0.1) is 6.61 Å². The Balaban J connectivity index is 1.59. The Labute approximate surface area is 121 Å². The Hall–Kier alpha value is -0.910. The van der Waals surface area contributed by atoms with Crippen LogP contribution >= 0.6 is 0 Å². The van der Waals surface area contributed by atoms with Gasteiger partial charge in [0.2, 0.25) is 0 Å². The van der Waals surface area contributed by atoms with Crippen molar-refractivity contribution in [3.8, 4) is 0 Å². The summed E-state index contributed by atoms with van der Waals surface area (Å²) in [7, 11) is 0. The van der Waals surface area contributed by atoms with Gasteiger partial charge in [-0.2, -0.15) is 0 Å². The monoisotopic (exact) mass is 278 g/mol. The quantitative estimate of drug-likeness (QED) is 0.886. The summed E-state index contributed by atoms with van der Waals surface area (Å²) >= 11 is 0. The molecule has 2 aliphatic heterocycles. The molecule has 2 fully saturated rings. The highest BCUT2D eigenvalue weighted by atomic mass is 16.5. The summed E-state index contributed by atoms with van der Waals surface area (Å²) in [5, 5.41) is 3.47. The van der Waals surface area contributed by atoms with E-state index in [4.69, 9.17) is 4.74 Å². The van der Waals surface area contributed by atoms with E-state index in [-0.39, 0.29) is 11.6 Å². The van der Waals surface area contributed by atoms with E-state index in [1.54, 1.807) is 0 Å². The largest absolute Gasteiger partial charge is 0.367 e. The van der Waals surface area contributed by atoms with Crippen LogP contribution < -0.4 is 5.32 Å². The lowest BCUT2D eigenvalue weighted by molar-refractivity contribution is -0.0538. The highest BCUT2D eigenvalue weighted by Gasteiger charge is 2.33. The average molecular weight is 278 g/mol. The molecule has 3 rings (SSSR count). The maximum Gasteiger partial charge on any atom is 0.136 e. The molecule has 0 bridgehead atoms. The number of aromatic amines is 1. The Morgan fingerprint density at radius 1 is 1.50 bits per heavy atom. The van der Waals surface area contributed by atoms with Crippen LogP contribution in [0.1, 0.15) is 51.2 Å². The van der Waals surface area contributed by atoms with Crippen molar-refractivity contribution in [2.75, 3.05) is 19.7 Å². The summed E-state index contributed by atoms with van der Waals surface area (Å²) in [6.45, 7) is 10.4. The van der Waals surface area contributed by atoms with E-state index in [1.807, 2.05) is 6.20 Å². The summed E-state index contributed by atoms with van der Waals surface area (Å²) < 4.78 is 5.98. The van der Waals surface area contributed by atoms with Crippen molar-refractivity contribution in [1.82, 2.24) is 20.2 Å². The number of hydrogen-bond acceptors (Lipinski definition) is 4. The third kappa shape index (κ3) is 3.22. The van der Waals surface area contributed by atoms with Gasteiger partial charge in [-0.15, -0.1) is 0 Å². The summed E-state index contributed by atoms with van der Waals surface area (Å²) in [4.78, 5) is 10.5. The SMILES string of the molecule is CC(C)(C)NCc1cnc(C2CN3CCCC3CO2)[nH]1. The standard InChI is InChI=1S/C15H26N4O/c1-15(2,3)17-8-11-7-16-14(18-11)13-9-19-6-4-5-12(19)10-20-13/h7,12-13,17H,4-6,8-10H2,1-3H3,(H,16,18). The van der Waals surface area contributed by atoms with Gasteiger partial charge in [0.1, 0.15) is 11.9 Å². The number of nitrogens with zero attached hydrogens (tertiary/aromatic N) is 2. The Morgan fingerprint density at radius 3 is 3.15 bits per heavy atom. The first kappa shape index (κ1) is 14.0. The molecule has 112 valence electrons. The highest BCUT2D eigenvalue weighted by Crippen LogP contribution is 2.28. The van der Waals surface area contributed by atoms with Gasteiger partial charge in [0.25, 0.3) is 0 Å². The maximum absolute atomic E-state index is 5.98. The molecule has 1 aromatic rings. The maximum atomic E-state index is 5.98. The third-order valence-corrected chi connectivity index (χ3v) is 4.15. The molecule has 0 aromatic carbocycles. The second-order valence-electron chi connectivity index (χ2n) is 7.01. The van der Waals surface area contributed by atoms with Gasteiger partial charge < -0.3 is 15.0 Å². The summed E-state index contributed by atoms with van der Waals surface area (Å²) in [6, 6.07) is 0.642. The zero-order chi connectivity index (χ0) is 14.2. The number of nitrogens with one attached hydrogen (secondary N) is 2. The fourth-order valence-electron chi connectivity index (χ4n) is 2.97. The molecule has 2 aliphatic rings. The molecule has 0 saturated carbocycles. The van der Waals surface area contributed by atoms with E-state index in [0.717, 1.165) is 31.2 Å². The van der Waals surface area contributed by atoms with Crippen molar-refractivity contribution >= 4 is 0 Å². The number of morpholine rings is 1. The molecule has 0 radical (unpaired) electrons. The van der Waals surface area contributed by atoms with Crippen LogP contribution in [-0.4, -0.2) is 46.1 Å². The minimum atomic E-state index is 0.104. The van der Waals surface area contributed by atoms with Gasteiger partial charge in [0, 0.05) is 36.6 Å². The Bertz CT molecular complexity index is 451. The third-order valence-electron chi connectivity index (χ3n) is 4.15. The molecule has 2 unspecified atom stereocenters. The van der Waals surface area contributed by atoms with Crippen LogP contribution in [0, 0.1) is 0 Å². The summed E-state index contributed by atoms with van der Waals surface area (Å²) in [6.07, 6.45) is 4.62. The van der Waals surface area contributed by atoms with E-state index >= 15 is 0 Å². The van der Waals surface area contributed by atoms with E-state index < -0.39 is 0 Å². The summed E-state index contributed by atoms with van der Waals surface area (Å²) in [5.74, 6) is 0.973. The number of H-pyrrole nitrogens is 1. The zero-order valence-corrected chi connectivity index (χ0v) is 12.8. The first-order chi connectivity index (χ1) is 9.51. The number of imidazole rings is 1. The van der Waals surface area contributed by atoms with Crippen LogP contribution in [0.2, 0.25) is 0 Å². The van der Waals surface area contributed by atoms with Crippen molar-refractivity contribution in [2.24, 2.45) is 0 Å². The van der Waals surface area contributed by atoms with Crippen LogP contribution in [0.25, 0.3) is 0 Å². The van der Waals surface area contributed by atoms with Crippen LogP contribution in [0.4, 0.5) is 0 Å². The van der Waals surface area contributed by atoms with Crippen LogP contribution in [-0.2, 0) is 11.3 Å². The van der Waals surface area contributed by atoms with Crippen LogP contribution in [0.5, 0.6) is 0 Å². The normalized spacial score (nSPS) is 27.8. The van der Waals surface area contributed by atoms with Crippen molar-refractivity contribution in [2.45, 2.75) is 57.8 Å². The number of aromatic nitrogens is 2. The van der Waals surface area contributed by atoms with E-state index in [2.05, 4.69) is 41.0 Å². The minimum Gasteiger partial charge on any atom is -0.367 e. The van der Waals surface area contributed by atoms with E-state index in [0.29, 0.717) is 6.04 Å². The van der Waals surface area contributed by atoms with Gasteiger partial charge in [-0.3, -0.25) is 4.90 Å². The smallest absolute Gasteiger partial charge is 0.136 e. The number of ether oxygens (including phenoxy) is 1. The second-order valence-corrected chi connectivity index (χ2v) is 7.01. The molecular weight excluding hydrogens is 252 g/mol. The van der Waals surface area contributed by atoms with Gasteiger partial charge in [-0.05, 0) is 40.2 Å². The first-order valence-electron chi connectivity index (χ1n) is 7.66. The van der Waals surface area contributed by atoms with E-state index in [1.165, 1.54) is 19.4 Å². The minimum absolute atomic E-state index is 0.104. The predicted octanol–water partition coefficient (Wildman–Crippen LogP) is 1.83. The molecule has 2 saturated heterocycles. The lowest BCUT2D eigenvalue weighted by Crippen LogP contribution is -2.42. The molecule has 0 aliphatic carbocycles. The van der Waals surface area contributed by atoms with Gasteiger partial charge >= 0.3 is 0 Å². The zero-order valence-electron chi connectivity index (χ0n) is 12.8. The molecule has 1 aromatic heterocycles. The second kappa shape index (κ2) is 5.47. The van der Waals surface area contributed by atoms with Crippen LogP contribution in [0.3, 0.4) is 0 Å². The van der Waals surface area contributed by atoms with Gasteiger partial charge in [-0.1, -0.05) is 0 Å². The number of rotatable bonds is 3. The molecule has 0 spiro atoms. The topological polar surface area (TPSA) is 53.2 Å². The lowest BCUT2D eigenvalue weighted by Gasteiger charge is -2.34. The molecule has 0 amide bonds. The highest BCUT2D eigenvalue weighted by molar-refractivity contribution is 5.06. The molecule has 2 N–H and O–H groups in total. The molecule has 3 heterocycles. The summed E-state index contributed by atoms with van der Waals surface area (Å²) in [5.41, 5.74) is 1.25. The van der Waals surface area contributed by atoms with Crippen molar-refractivity contribution in [1.29, 1.82) is 0 Å². The molecule has 20 heavy (non-hydrogen) atoms. The van der Waals surface area contributed by atoms with Crippen molar-refractivity contribution in [3.63, 3.8) is 0 Å². The van der Waals surface area contributed by atoms with Crippen molar-refractivity contribution < 1.29 is 4.74 Å². The predicted molar refractivity (Wildman–Crippen MR) is 78.5 cm³/mol.